The fourth-order valence-electron chi connectivity index (χ4n) is 1.78. The van der Waals surface area contributed by atoms with Crippen LogP contribution in [0, 0.1) is 0 Å². The van der Waals surface area contributed by atoms with Gasteiger partial charge in [-0.15, -0.1) is 0 Å². The summed E-state index contributed by atoms with van der Waals surface area (Å²) in [6.07, 6.45) is 1.65. The van der Waals surface area contributed by atoms with Crippen molar-refractivity contribution >= 4 is 44.9 Å². The zero-order valence-electron chi connectivity index (χ0n) is 8.11. The second-order valence-electron chi connectivity index (χ2n) is 3.47. The van der Waals surface area contributed by atoms with Crippen LogP contribution in [0.3, 0.4) is 0 Å². The van der Waals surface area contributed by atoms with E-state index in [2.05, 4.69) is 9.97 Å². The highest BCUT2D eigenvalue weighted by atomic mass is 35.5. The molecule has 0 aliphatic heterocycles. The Hall–Kier alpha value is -1.38. The maximum absolute atomic E-state index is 6.09. The summed E-state index contributed by atoms with van der Waals surface area (Å²) in [5, 5.41) is 3.75. The first-order chi connectivity index (χ1) is 7.75. The van der Waals surface area contributed by atoms with Gasteiger partial charge >= 0.3 is 0 Å². The number of aromatic nitrogens is 2. The minimum absolute atomic E-state index is 0.456. The van der Waals surface area contributed by atoms with Gasteiger partial charge in [-0.2, -0.15) is 0 Å². The topological polar surface area (TPSA) is 25.8 Å². The standard InChI is InChI=1S/C12H6Cl2N2/c13-11-5-8-7-3-1-2-4-10(7)16-12(14)9(8)6-15-11/h1-6H. The molecular weight excluding hydrogens is 243 g/mol. The second-order valence-corrected chi connectivity index (χ2v) is 4.22. The molecule has 0 fully saturated rings. The molecule has 0 aliphatic rings. The van der Waals surface area contributed by atoms with Gasteiger partial charge in [0.05, 0.1) is 5.52 Å². The average molecular weight is 249 g/mol. The van der Waals surface area contributed by atoms with Crippen molar-refractivity contribution in [2.75, 3.05) is 0 Å². The van der Waals surface area contributed by atoms with E-state index in [1.54, 1.807) is 6.20 Å². The van der Waals surface area contributed by atoms with Gasteiger partial charge < -0.3 is 0 Å². The van der Waals surface area contributed by atoms with Gasteiger partial charge in [0.25, 0.3) is 0 Å². The predicted octanol–water partition coefficient (Wildman–Crippen LogP) is 4.09. The summed E-state index contributed by atoms with van der Waals surface area (Å²) >= 11 is 12.0. The molecule has 3 aromatic rings. The first kappa shape index (κ1) is 9.82. The minimum atomic E-state index is 0.456. The van der Waals surface area contributed by atoms with Crippen molar-refractivity contribution in [1.82, 2.24) is 9.97 Å². The van der Waals surface area contributed by atoms with Crippen molar-refractivity contribution in [3.63, 3.8) is 0 Å². The van der Waals surface area contributed by atoms with Crippen molar-refractivity contribution in [3.05, 3.63) is 46.8 Å². The maximum Gasteiger partial charge on any atom is 0.139 e. The van der Waals surface area contributed by atoms with Crippen molar-refractivity contribution in [3.8, 4) is 0 Å². The third-order valence-corrected chi connectivity index (χ3v) is 3.00. The fraction of sp³-hybridized carbons (Fsp3) is 0. The summed E-state index contributed by atoms with van der Waals surface area (Å²) in [7, 11) is 0. The third kappa shape index (κ3) is 1.42. The van der Waals surface area contributed by atoms with E-state index >= 15 is 0 Å². The molecule has 0 spiro atoms. The van der Waals surface area contributed by atoms with Crippen LogP contribution >= 0.6 is 23.2 Å². The highest BCUT2D eigenvalue weighted by Gasteiger charge is 2.07. The molecule has 2 aromatic heterocycles. The normalized spacial score (nSPS) is 11.1. The van der Waals surface area contributed by atoms with Crippen molar-refractivity contribution < 1.29 is 0 Å². The molecule has 0 saturated carbocycles. The molecule has 0 amide bonds. The lowest BCUT2D eigenvalue weighted by atomic mass is 10.1. The lowest BCUT2D eigenvalue weighted by Crippen LogP contribution is -1.86. The molecule has 0 saturated heterocycles. The molecule has 0 atom stereocenters. The smallest absolute Gasteiger partial charge is 0.139 e. The van der Waals surface area contributed by atoms with E-state index in [4.69, 9.17) is 23.2 Å². The third-order valence-electron chi connectivity index (χ3n) is 2.51. The number of nitrogens with zero attached hydrogens (tertiary/aromatic N) is 2. The van der Waals surface area contributed by atoms with Gasteiger partial charge in [-0.3, -0.25) is 0 Å². The van der Waals surface area contributed by atoms with Crippen LogP contribution in [0.1, 0.15) is 0 Å². The zero-order chi connectivity index (χ0) is 11.1. The quantitative estimate of drug-likeness (QED) is 0.443. The minimum Gasteiger partial charge on any atom is -0.244 e. The van der Waals surface area contributed by atoms with Crippen LogP contribution in [0.5, 0.6) is 0 Å². The second kappa shape index (κ2) is 3.58. The van der Waals surface area contributed by atoms with Gasteiger partial charge in [0.2, 0.25) is 0 Å². The van der Waals surface area contributed by atoms with Crippen LogP contribution in [0.15, 0.2) is 36.5 Å². The van der Waals surface area contributed by atoms with Gasteiger partial charge in [-0.05, 0) is 17.5 Å². The molecule has 0 unspecified atom stereocenters. The van der Waals surface area contributed by atoms with Crippen LogP contribution in [0.2, 0.25) is 10.3 Å². The van der Waals surface area contributed by atoms with Gasteiger partial charge in [-0.25, -0.2) is 9.97 Å². The monoisotopic (exact) mass is 248 g/mol. The van der Waals surface area contributed by atoms with Gasteiger partial charge in [0, 0.05) is 17.0 Å². The van der Waals surface area contributed by atoms with E-state index in [0.29, 0.717) is 10.3 Å². The first-order valence-electron chi connectivity index (χ1n) is 4.75. The van der Waals surface area contributed by atoms with E-state index in [0.717, 1.165) is 21.7 Å². The summed E-state index contributed by atoms with van der Waals surface area (Å²) in [6.45, 7) is 0. The lowest BCUT2D eigenvalue weighted by Gasteiger charge is -2.04. The highest BCUT2D eigenvalue weighted by Crippen LogP contribution is 2.29. The van der Waals surface area contributed by atoms with Gasteiger partial charge in [-0.1, -0.05) is 41.4 Å². The van der Waals surface area contributed by atoms with E-state index in [1.807, 2.05) is 30.3 Å². The van der Waals surface area contributed by atoms with E-state index < -0.39 is 0 Å². The zero-order valence-corrected chi connectivity index (χ0v) is 9.63. The largest absolute Gasteiger partial charge is 0.244 e. The number of hydrogen-bond acceptors (Lipinski definition) is 2. The Bertz CT molecular complexity index is 695. The molecular formula is C12H6Cl2N2. The Morgan fingerprint density at radius 2 is 1.75 bits per heavy atom. The van der Waals surface area contributed by atoms with Crippen LogP contribution in [0.25, 0.3) is 21.7 Å². The maximum atomic E-state index is 6.09. The lowest BCUT2D eigenvalue weighted by molar-refractivity contribution is 1.35. The predicted molar refractivity (Wildman–Crippen MR) is 67.1 cm³/mol. The van der Waals surface area contributed by atoms with E-state index in [9.17, 15) is 0 Å². The van der Waals surface area contributed by atoms with Crippen molar-refractivity contribution in [1.29, 1.82) is 0 Å². The number of fused-ring (bicyclic) bond motifs is 3. The number of halogens is 2. The number of rotatable bonds is 0. The fourth-order valence-corrected chi connectivity index (χ4v) is 2.18. The van der Waals surface area contributed by atoms with Crippen molar-refractivity contribution in [2.24, 2.45) is 0 Å². The molecule has 16 heavy (non-hydrogen) atoms. The van der Waals surface area contributed by atoms with Gasteiger partial charge in [0.1, 0.15) is 10.3 Å². The number of para-hydroxylation sites is 1. The summed E-state index contributed by atoms with van der Waals surface area (Å²) in [5.74, 6) is 0. The molecule has 2 heterocycles. The van der Waals surface area contributed by atoms with Gasteiger partial charge in [0.15, 0.2) is 0 Å². The van der Waals surface area contributed by atoms with Crippen LogP contribution in [0.4, 0.5) is 0 Å². The van der Waals surface area contributed by atoms with Crippen molar-refractivity contribution in [2.45, 2.75) is 0 Å². The molecule has 0 bridgehead atoms. The highest BCUT2D eigenvalue weighted by molar-refractivity contribution is 6.36. The first-order valence-corrected chi connectivity index (χ1v) is 5.51. The van der Waals surface area contributed by atoms with Crippen LogP contribution in [-0.4, -0.2) is 9.97 Å². The van der Waals surface area contributed by atoms with E-state index in [-0.39, 0.29) is 0 Å². The Morgan fingerprint density at radius 3 is 2.62 bits per heavy atom. The Balaban J connectivity index is 2.61. The SMILES string of the molecule is Clc1cc2c(cn1)c(Cl)nc1ccccc12. The number of benzene rings is 1. The summed E-state index contributed by atoms with van der Waals surface area (Å²) in [5.41, 5.74) is 0.863. The molecule has 0 N–H and O–H groups in total. The average Bonchev–Trinajstić information content (AvgIpc) is 2.29. The molecule has 78 valence electrons. The van der Waals surface area contributed by atoms with E-state index in [1.165, 1.54) is 0 Å². The van der Waals surface area contributed by atoms with Crippen LogP contribution < -0.4 is 0 Å². The summed E-state index contributed by atoms with van der Waals surface area (Å²) < 4.78 is 0. The number of hydrogen-bond donors (Lipinski definition) is 0. The molecule has 4 heteroatoms. The molecule has 0 radical (unpaired) electrons. The van der Waals surface area contributed by atoms with Crippen LogP contribution in [-0.2, 0) is 0 Å². The summed E-state index contributed by atoms with van der Waals surface area (Å²) in [6, 6.07) is 9.63. The molecule has 1 aromatic carbocycles. The molecule has 3 rings (SSSR count). The Labute approximate surface area is 102 Å². The summed E-state index contributed by atoms with van der Waals surface area (Å²) in [4.78, 5) is 8.33. The molecule has 2 nitrogen and oxygen atoms in total. The Kier molecular flexibility index (Phi) is 2.20. The Morgan fingerprint density at radius 1 is 0.938 bits per heavy atom. The molecule has 0 aliphatic carbocycles. The number of pyridine rings is 2.